The lowest BCUT2D eigenvalue weighted by atomic mass is 10.00. The summed E-state index contributed by atoms with van der Waals surface area (Å²) in [5.41, 5.74) is 1.70. The van der Waals surface area contributed by atoms with Crippen LogP contribution in [0.3, 0.4) is 0 Å². The van der Waals surface area contributed by atoms with Gasteiger partial charge in [0.05, 0.1) is 19.3 Å². The van der Waals surface area contributed by atoms with Crippen LogP contribution >= 0.6 is 11.3 Å². The highest BCUT2D eigenvalue weighted by Gasteiger charge is 2.34. The van der Waals surface area contributed by atoms with E-state index in [2.05, 4.69) is 10.1 Å². The molecule has 3 heterocycles. The summed E-state index contributed by atoms with van der Waals surface area (Å²) in [5.74, 6) is 1.73. The summed E-state index contributed by atoms with van der Waals surface area (Å²) < 4.78 is 10.4. The topological polar surface area (TPSA) is 88.7 Å². The smallest absolute Gasteiger partial charge is 0.227 e. The number of hydrogen-bond acceptors (Lipinski definition) is 7. The van der Waals surface area contributed by atoms with Gasteiger partial charge in [0.2, 0.25) is 17.6 Å². The van der Waals surface area contributed by atoms with Crippen molar-refractivity contribution in [2.75, 3.05) is 13.7 Å². The Bertz CT molecular complexity index is 939. The number of aromatic nitrogens is 2. The summed E-state index contributed by atoms with van der Waals surface area (Å²) in [6.07, 6.45) is 1.60. The van der Waals surface area contributed by atoms with Crippen LogP contribution in [0, 0.1) is 0 Å². The third-order valence-corrected chi connectivity index (χ3v) is 5.92. The van der Waals surface area contributed by atoms with Gasteiger partial charge in [-0.2, -0.15) is 16.3 Å². The number of aryl methyl sites for hydroxylation is 1. The van der Waals surface area contributed by atoms with Gasteiger partial charge in [-0.25, -0.2) is 0 Å². The van der Waals surface area contributed by atoms with Crippen molar-refractivity contribution < 1.29 is 19.2 Å². The summed E-state index contributed by atoms with van der Waals surface area (Å²) in [6.45, 7) is 0.653. The number of methoxy groups -OCH3 is 1. The molecule has 0 spiro atoms. The van der Waals surface area contributed by atoms with Gasteiger partial charge in [-0.15, -0.1) is 0 Å². The molecular formula is C21H23N3O4S. The average molecular weight is 413 g/mol. The van der Waals surface area contributed by atoms with Crippen molar-refractivity contribution in [3.8, 4) is 17.1 Å². The number of aliphatic hydroxyl groups excluding tert-OH is 1. The van der Waals surface area contributed by atoms with E-state index >= 15 is 0 Å². The number of carbonyl (C=O) groups excluding carboxylic acids is 1. The molecule has 1 aromatic carbocycles. The normalized spacial score (nSPS) is 17.4. The molecule has 1 N–H and O–H groups in total. The Morgan fingerprint density at radius 2 is 2.21 bits per heavy atom. The molecule has 8 heteroatoms. The number of thiophene rings is 1. The Morgan fingerprint density at radius 1 is 1.38 bits per heavy atom. The molecule has 0 bridgehead atoms. The summed E-state index contributed by atoms with van der Waals surface area (Å²) in [7, 11) is 1.61. The zero-order chi connectivity index (χ0) is 20.2. The Hall–Kier alpha value is -2.71. The highest BCUT2D eigenvalue weighted by atomic mass is 32.1. The van der Waals surface area contributed by atoms with Gasteiger partial charge in [0.15, 0.2) is 0 Å². The molecule has 29 heavy (non-hydrogen) atoms. The van der Waals surface area contributed by atoms with Crippen LogP contribution in [0.2, 0.25) is 0 Å². The number of nitrogens with zero attached hydrogens (tertiary/aromatic N) is 3. The van der Waals surface area contributed by atoms with Crippen molar-refractivity contribution in [2.24, 2.45) is 0 Å². The van der Waals surface area contributed by atoms with Crippen molar-refractivity contribution in [1.82, 2.24) is 15.0 Å². The molecule has 1 fully saturated rings. The van der Waals surface area contributed by atoms with Crippen LogP contribution in [-0.2, 0) is 11.2 Å². The summed E-state index contributed by atoms with van der Waals surface area (Å²) in [4.78, 5) is 19.0. The standard InChI is InChI=1S/C21H23N3O4S/c1-27-16-6-4-14(5-7-16)20(26)17-3-2-11-24(17)19(25)9-8-18-22-21(23-28-18)15-10-12-29-13-15/h4-7,10,12-13,17,20,26H,2-3,8-9,11H2,1H3. The van der Waals surface area contributed by atoms with Crippen LogP contribution in [0.15, 0.2) is 45.6 Å². The maximum Gasteiger partial charge on any atom is 0.227 e. The minimum absolute atomic E-state index is 0.00431. The largest absolute Gasteiger partial charge is 0.497 e. The van der Waals surface area contributed by atoms with E-state index in [1.807, 2.05) is 41.1 Å². The third-order valence-electron chi connectivity index (χ3n) is 5.24. The second-order valence-corrected chi connectivity index (χ2v) is 7.82. The van der Waals surface area contributed by atoms with Gasteiger partial charge < -0.3 is 19.3 Å². The second-order valence-electron chi connectivity index (χ2n) is 7.04. The molecule has 3 aromatic rings. The molecule has 2 atom stereocenters. The van der Waals surface area contributed by atoms with Crippen molar-refractivity contribution in [2.45, 2.75) is 37.8 Å². The molecular weight excluding hydrogens is 390 g/mol. The maximum atomic E-state index is 12.8. The van der Waals surface area contributed by atoms with Gasteiger partial charge in [-0.3, -0.25) is 4.79 Å². The fourth-order valence-electron chi connectivity index (χ4n) is 3.68. The second kappa shape index (κ2) is 8.75. The highest BCUT2D eigenvalue weighted by molar-refractivity contribution is 7.08. The number of ether oxygens (including phenoxy) is 1. The van der Waals surface area contributed by atoms with Crippen LogP contribution in [0.4, 0.5) is 0 Å². The SMILES string of the molecule is COc1ccc(C(O)C2CCCN2C(=O)CCc2nc(-c3ccsc3)no2)cc1. The van der Waals surface area contributed by atoms with Crippen LogP contribution in [0.1, 0.15) is 36.8 Å². The molecule has 0 radical (unpaired) electrons. The van der Waals surface area contributed by atoms with E-state index in [4.69, 9.17) is 9.26 Å². The fraction of sp³-hybridized carbons (Fsp3) is 0.381. The number of benzene rings is 1. The minimum atomic E-state index is -0.721. The number of likely N-dealkylation sites (tertiary alicyclic amines) is 1. The predicted molar refractivity (Wildman–Crippen MR) is 109 cm³/mol. The van der Waals surface area contributed by atoms with Crippen LogP contribution in [0.25, 0.3) is 11.4 Å². The number of rotatable bonds is 7. The first-order valence-corrected chi connectivity index (χ1v) is 10.6. The quantitative estimate of drug-likeness (QED) is 0.638. The third kappa shape index (κ3) is 4.33. The van der Waals surface area contributed by atoms with Gasteiger partial charge >= 0.3 is 0 Å². The lowest BCUT2D eigenvalue weighted by Crippen LogP contribution is -2.39. The fourth-order valence-corrected chi connectivity index (χ4v) is 4.31. The first-order valence-electron chi connectivity index (χ1n) is 9.62. The molecule has 7 nitrogen and oxygen atoms in total. The van der Waals surface area contributed by atoms with Crippen molar-refractivity contribution >= 4 is 17.2 Å². The van der Waals surface area contributed by atoms with Crippen molar-refractivity contribution in [3.63, 3.8) is 0 Å². The number of aliphatic hydroxyl groups is 1. The monoisotopic (exact) mass is 413 g/mol. The Balaban J connectivity index is 1.37. The van der Waals surface area contributed by atoms with Gasteiger partial charge in [0.25, 0.3) is 0 Å². The van der Waals surface area contributed by atoms with E-state index in [0.29, 0.717) is 24.7 Å². The molecule has 0 aliphatic carbocycles. The maximum absolute atomic E-state index is 12.8. The van der Waals surface area contributed by atoms with E-state index < -0.39 is 6.10 Å². The van der Waals surface area contributed by atoms with E-state index in [0.717, 1.165) is 29.7 Å². The lowest BCUT2D eigenvalue weighted by molar-refractivity contribution is -0.134. The first-order chi connectivity index (χ1) is 14.2. The van der Waals surface area contributed by atoms with E-state index in [1.54, 1.807) is 23.3 Å². The molecule has 1 saturated heterocycles. The molecule has 152 valence electrons. The Kier molecular flexibility index (Phi) is 5.92. The zero-order valence-electron chi connectivity index (χ0n) is 16.2. The molecule has 2 aromatic heterocycles. The Labute approximate surface area is 172 Å². The van der Waals surface area contributed by atoms with Crippen LogP contribution < -0.4 is 4.74 Å². The van der Waals surface area contributed by atoms with Gasteiger partial charge in [-0.1, -0.05) is 17.3 Å². The molecule has 1 amide bonds. The van der Waals surface area contributed by atoms with Crippen molar-refractivity contribution in [1.29, 1.82) is 0 Å². The van der Waals surface area contributed by atoms with Crippen LogP contribution in [-0.4, -0.2) is 45.8 Å². The minimum Gasteiger partial charge on any atom is -0.497 e. The van der Waals surface area contributed by atoms with E-state index in [-0.39, 0.29) is 18.4 Å². The molecule has 1 aliphatic rings. The van der Waals surface area contributed by atoms with Gasteiger partial charge in [0.1, 0.15) is 5.75 Å². The Morgan fingerprint density at radius 3 is 2.93 bits per heavy atom. The summed E-state index contributed by atoms with van der Waals surface area (Å²) in [5, 5.41) is 18.7. The highest BCUT2D eigenvalue weighted by Crippen LogP contribution is 2.31. The average Bonchev–Trinajstić information content (AvgIpc) is 3.52. The van der Waals surface area contributed by atoms with E-state index in [1.165, 1.54) is 0 Å². The first kappa shape index (κ1) is 19.6. The van der Waals surface area contributed by atoms with E-state index in [9.17, 15) is 9.90 Å². The number of hydrogen-bond donors (Lipinski definition) is 1. The summed E-state index contributed by atoms with van der Waals surface area (Å²) in [6, 6.07) is 9.03. The summed E-state index contributed by atoms with van der Waals surface area (Å²) >= 11 is 1.57. The lowest BCUT2D eigenvalue weighted by Gasteiger charge is -2.29. The van der Waals surface area contributed by atoms with Gasteiger partial charge in [0, 0.05) is 30.3 Å². The molecule has 1 aliphatic heterocycles. The molecule has 0 saturated carbocycles. The van der Waals surface area contributed by atoms with Gasteiger partial charge in [-0.05, 0) is 42.0 Å². The predicted octanol–water partition coefficient (Wildman–Crippen LogP) is 3.46. The van der Waals surface area contributed by atoms with Crippen molar-refractivity contribution in [3.05, 3.63) is 52.5 Å². The van der Waals surface area contributed by atoms with Crippen LogP contribution in [0.5, 0.6) is 5.75 Å². The molecule has 4 rings (SSSR count). The number of carbonyl (C=O) groups is 1. The zero-order valence-corrected chi connectivity index (χ0v) is 17.0. The number of amides is 1. The molecule has 2 unspecified atom stereocenters.